The van der Waals surface area contributed by atoms with Crippen molar-refractivity contribution in [3.05, 3.63) is 47.1 Å². The molecule has 196 valence electrons. The molecule has 0 radical (unpaired) electrons. The minimum absolute atomic E-state index is 0.0138. The normalized spacial score (nSPS) is 22.8. The molecule has 35 heavy (non-hydrogen) atoms. The topological polar surface area (TPSA) is 108 Å². The molecule has 0 unspecified atom stereocenters. The average Bonchev–Trinajstić information content (AvgIpc) is 3.52. The first-order chi connectivity index (χ1) is 16.0. The largest absolute Gasteiger partial charge is 0.465 e. The molecule has 1 fully saturated rings. The van der Waals surface area contributed by atoms with Gasteiger partial charge >= 0.3 is 5.97 Å². The summed E-state index contributed by atoms with van der Waals surface area (Å²) in [5, 5.41) is -0.0138. The number of rotatable bonds is 12. The third kappa shape index (κ3) is 7.59. The number of allylic oxidation sites excluding steroid dienone is 5. The van der Waals surface area contributed by atoms with E-state index in [1.54, 1.807) is 32.1 Å². The summed E-state index contributed by atoms with van der Waals surface area (Å²) in [7, 11) is -0.763. The molecule has 0 saturated carbocycles. The van der Waals surface area contributed by atoms with Gasteiger partial charge in [0.1, 0.15) is 6.10 Å². The second-order valence-electron chi connectivity index (χ2n) is 10.5. The third-order valence-corrected chi connectivity index (χ3v) is 11.3. The fraction of sp³-hybridized carbons (Fsp3) is 0.593. The monoisotopic (exact) mass is 505 g/mol. The van der Waals surface area contributed by atoms with Crippen LogP contribution in [0.3, 0.4) is 0 Å². The van der Waals surface area contributed by atoms with E-state index in [1.807, 2.05) is 26.0 Å². The van der Waals surface area contributed by atoms with Gasteiger partial charge in [0.25, 0.3) is 5.91 Å². The molecule has 0 aromatic heterocycles. The first-order valence-corrected chi connectivity index (χ1v) is 14.9. The fourth-order valence-electron chi connectivity index (χ4n) is 3.51. The van der Waals surface area contributed by atoms with E-state index in [9.17, 15) is 14.4 Å². The van der Waals surface area contributed by atoms with Gasteiger partial charge in [0, 0.05) is 0 Å². The van der Waals surface area contributed by atoms with E-state index >= 15 is 0 Å². The van der Waals surface area contributed by atoms with E-state index in [4.69, 9.17) is 19.6 Å². The molecular weight excluding hydrogens is 462 g/mol. The van der Waals surface area contributed by atoms with E-state index in [0.29, 0.717) is 24.0 Å². The van der Waals surface area contributed by atoms with E-state index < -0.39 is 37.8 Å². The number of methoxy groups -OCH3 is 1. The van der Waals surface area contributed by atoms with Crippen LogP contribution in [0.15, 0.2) is 47.1 Å². The molecule has 7 nitrogen and oxygen atoms in total. The predicted octanol–water partition coefficient (Wildman–Crippen LogP) is 4.94. The number of hydrogen-bond acceptors (Lipinski definition) is 6. The van der Waals surface area contributed by atoms with E-state index in [0.717, 1.165) is 5.57 Å². The van der Waals surface area contributed by atoms with Crippen LogP contribution in [0.2, 0.25) is 18.1 Å². The second kappa shape index (κ2) is 12.1. The van der Waals surface area contributed by atoms with Crippen LogP contribution < -0.4 is 5.73 Å². The van der Waals surface area contributed by atoms with Crippen LogP contribution >= 0.6 is 0 Å². The Morgan fingerprint density at radius 2 is 1.77 bits per heavy atom. The van der Waals surface area contributed by atoms with Gasteiger partial charge in [-0.2, -0.15) is 0 Å². The van der Waals surface area contributed by atoms with E-state index in [2.05, 4.69) is 33.9 Å². The number of Topliss-reactive ketones (excluding diaryl/α,β-unsaturated/α-hetero) is 1. The lowest BCUT2D eigenvalue weighted by atomic mass is 9.91. The lowest BCUT2D eigenvalue weighted by Crippen LogP contribution is -2.48. The van der Waals surface area contributed by atoms with Crippen LogP contribution in [0.4, 0.5) is 0 Å². The molecule has 0 aromatic carbocycles. The number of nitrogens with two attached hydrogens (primary N) is 1. The number of primary amides is 1. The van der Waals surface area contributed by atoms with Crippen molar-refractivity contribution >= 4 is 26.0 Å². The Balaban J connectivity index is 2.81. The van der Waals surface area contributed by atoms with Crippen LogP contribution in [-0.4, -0.2) is 50.9 Å². The van der Waals surface area contributed by atoms with Crippen molar-refractivity contribution in [2.24, 2.45) is 5.73 Å². The average molecular weight is 506 g/mol. The van der Waals surface area contributed by atoms with Gasteiger partial charge in [0.15, 0.2) is 8.32 Å². The van der Waals surface area contributed by atoms with E-state index in [1.165, 1.54) is 7.11 Å². The van der Waals surface area contributed by atoms with Crippen LogP contribution in [0, 0.1) is 0 Å². The molecule has 1 saturated heterocycles. The molecule has 2 N–H and O–H groups in total. The Bertz CT molecular complexity index is 938. The SMILES string of the molecule is C\C=C(/C=C(C)/C=C/CC/C=C(\C)C(=O)[C@]1(C(N)=O)O[C@H]1[C@@H](C)O[Si](C)(C)C(C)(C)C)C(=O)OC. The summed E-state index contributed by atoms with van der Waals surface area (Å²) in [6, 6.07) is 0. The maximum atomic E-state index is 13.1. The molecule has 0 bridgehead atoms. The van der Waals surface area contributed by atoms with Gasteiger partial charge in [-0.15, -0.1) is 0 Å². The van der Waals surface area contributed by atoms with Crippen molar-refractivity contribution in [3.8, 4) is 0 Å². The number of ketones is 1. The van der Waals surface area contributed by atoms with Crippen molar-refractivity contribution < 1.29 is 28.3 Å². The zero-order valence-electron chi connectivity index (χ0n) is 23.0. The lowest BCUT2D eigenvalue weighted by Gasteiger charge is -2.38. The van der Waals surface area contributed by atoms with Gasteiger partial charge in [-0.3, -0.25) is 9.59 Å². The number of carbonyl (C=O) groups excluding carboxylic acids is 3. The number of esters is 1. The van der Waals surface area contributed by atoms with Crippen molar-refractivity contribution in [1.82, 2.24) is 0 Å². The Kier molecular flexibility index (Phi) is 10.6. The number of hydrogen-bond donors (Lipinski definition) is 1. The maximum Gasteiger partial charge on any atom is 0.337 e. The lowest BCUT2D eigenvalue weighted by molar-refractivity contribution is -0.136. The Labute approximate surface area is 211 Å². The highest BCUT2D eigenvalue weighted by molar-refractivity contribution is 6.74. The fourth-order valence-corrected chi connectivity index (χ4v) is 4.92. The highest BCUT2D eigenvalue weighted by Gasteiger charge is 2.69. The summed E-state index contributed by atoms with van der Waals surface area (Å²) in [6.07, 6.45) is 9.27. The maximum absolute atomic E-state index is 13.1. The van der Waals surface area contributed by atoms with E-state index in [-0.39, 0.29) is 11.0 Å². The molecule has 1 heterocycles. The minimum Gasteiger partial charge on any atom is -0.465 e. The molecule has 3 atom stereocenters. The molecular formula is C27H43NO6Si. The highest BCUT2D eigenvalue weighted by atomic mass is 28.4. The second-order valence-corrected chi connectivity index (χ2v) is 15.3. The Hall–Kier alpha value is -2.29. The number of carbonyl (C=O) groups is 3. The quantitative estimate of drug-likeness (QED) is 0.0766. The standard InChI is InChI=1S/C27H43NO6Si/c1-11-21(24(30)32-8)17-18(2)15-13-12-14-16-19(3)22(29)27(25(28)31)23(33-27)20(4)34-35(9,10)26(5,6)7/h11,13,15-17,20,23H,12,14H2,1-10H3,(H2,28,31)/b15-13+,18-17+,19-16+,21-11+/t20-,23+,27+/m1/s1. The van der Waals surface area contributed by atoms with Gasteiger partial charge < -0.3 is 19.6 Å². The summed E-state index contributed by atoms with van der Waals surface area (Å²) in [5.41, 5.74) is 5.80. The van der Waals surface area contributed by atoms with Crippen LogP contribution in [0.1, 0.15) is 61.3 Å². The van der Waals surface area contributed by atoms with Crippen molar-refractivity contribution in [2.75, 3.05) is 7.11 Å². The zero-order chi connectivity index (χ0) is 27.2. The molecule has 1 aliphatic rings. The molecule has 1 amide bonds. The first kappa shape index (κ1) is 30.7. The summed E-state index contributed by atoms with van der Waals surface area (Å²) in [6.45, 7) is 17.8. The summed E-state index contributed by atoms with van der Waals surface area (Å²) < 4.78 is 16.8. The molecule has 8 heteroatoms. The van der Waals surface area contributed by atoms with Gasteiger partial charge in [0.05, 0.1) is 18.8 Å². The summed E-state index contributed by atoms with van der Waals surface area (Å²) in [5.74, 6) is -1.57. The highest BCUT2D eigenvalue weighted by Crippen LogP contribution is 2.45. The summed E-state index contributed by atoms with van der Waals surface area (Å²) in [4.78, 5) is 37.1. The Morgan fingerprint density at radius 3 is 2.26 bits per heavy atom. The van der Waals surface area contributed by atoms with Crippen molar-refractivity contribution in [2.45, 2.75) is 97.2 Å². The Morgan fingerprint density at radius 1 is 1.17 bits per heavy atom. The predicted molar refractivity (Wildman–Crippen MR) is 141 cm³/mol. The first-order valence-electron chi connectivity index (χ1n) is 12.0. The van der Waals surface area contributed by atoms with Gasteiger partial charge in [-0.1, -0.05) is 50.6 Å². The molecule has 0 aromatic rings. The third-order valence-electron chi connectivity index (χ3n) is 6.71. The zero-order valence-corrected chi connectivity index (χ0v) is 24.0. The van der Waals surface area contributed by atoms with Crippen molar-refractivity contribution in [3.63, 3.8) is 0 Å². The van der Waals surface area contributed by atoms with Crippen LogP contribution in [-0.2, 0) is 28.3 Å². The van der Waals surface area contributed by atoms with Gasteiger partial charge in [0.2, 0.25) is 11.4 Å². The van der Waals surface area contributed by atoms with Crippen molar-refractivity contribution in [1.29, 1.82) is 0 Å². The molecule has 0 aliphatic carbocycles. The number of unbranched alkanes of at least 4 members (excludes halogenated alkanes) is 1. The van der Waals surface area contributed by atoms with Gasteiger partial charge in [-0.05, 0) is 70.3 Å². The molecule has 1 aliphatic heterocycles. The minimum atomic E-state index is -2.11. The van der Waals surface area contributed by atoms with Crippen LogP contribution in [0.5, 0.6) is 0 Å². The smallest absolute Gasteiger partial charge is 0.337 e. The van der Waals surface area contributed by atoms with Crippen LogP contribution in [0.25, 0.3) is 0 Å². The molecule has 0 spiro atoms. The summed E-state index contributed by atoms with van der Waals surface area (Å²) >= 11 is 0. The number of epoxide rings is 1. The van der Waals surface area contributed by atoms with Gasteiger partial charge in [-0.25, -0.2) is 4.79 Å². The number of ether oxygens (including phenoxy) is 2. The number of amides is 1. The molecule has 1 rings (SSSR count).